The second kappa shape index (κ2) is 12.2. The molecule has 0 heterocycles. The molecule has 5 heteroatoms. The number of hydrogen-bond donors (Lipinski definition) is 2. The zero-order valence-corrected chi connectivity index (χ0v) is 14.7. The zero-order valence-electron chi connectivity index (χ0n) is 14.7. The molecule has 0 aliphatic rings. The Labute approximate surface area is 144 Å². The van der Waals surface area contributed by atoms with Crippen LogP contribution in [0.25, 0.3) is 10.4 Å². The summed E-state index contributed by atoms with van der Waals surface area (Å²) in [6.45, 7) is 5.66. The maximum Gasteiger partial charge on any atom is 0.0614 e. The van der Waals surface area contributed by atoms with Crippen molar-refractivity contribution in [1.82, 2.24) is 0 Å². The quantitative estimate of drug-likeness (QED) is 0.189. The third kappa shape index (κ3) is 9.03. The number of azide groups is 1. The lowest BCUT2D eigenvalue weighted by Gasteiger charge is -2.08. The highest BCUT2D eigenvalue weighted by molar-refractivity contribution is 5.45. The minimum absolute atomic E-state index is 0.129. The number of hydrogen-bond acceptors (Lipinski definition) is 3. The molecule has 0 aliphatic carbocycles. The van der Waals surface area contributed by atoms with Crippen molar-refractivity contribution in [1.29, 1.82) is 0 Å². The minimum atomic E-state index is 0.129. The number of nitrogens with zero attached hydrogens (tertiary/aromatic N) is 3. The van der Waals surface area contributed by atoms with E-state index in [0.717, 1.165) is 43.5 Å². The average molecular weight is 328 g/mol. The molecule has 0 spiro atoms. The third-order valence-electron chi connectivity index (χ3n) is 3.79. The van der Waals surface area contributed by atoms with E-state index in [0.29, 0.717) is 6.54 Å². The molecule has 0 bridgehead atoms. The molecule has 5 nitrogen and oxygen atoms in total. The number of benzene rings is 1. The molecule has 0 amide bonds. The number of nitrogens with one attached hydrogen (secondary N) is 1. The molecule has 1 aromatic carbocycles. The Kier molecular flexibility index (Phi) is 10.1. The second-order valence-corrected chi connectivity index (χ2v) is 5.94. The lowest BCUT2D eigenvalue weighted by Crippen LogP contribution is -2.02. The van der Waals surface area contributed by atoms with Crippen LogP contribution in [-0.4, -0.2) is 18.3 Å². The molecule has 2 N–H and O–H groups in total. The van der Waals surface area contributed by atoms with Crippen LogP contribution >= 0.6 is 0 Å². The van der Waals surface area contributed by atoms with Gasteiger partial charge in [-0.3, -0.25) is 0 Å². The summed E-state index contributed by atoms with van der Waals surface area (Å²) in [4.78, 5) is 2.78. The smallest absolute Gasteiger partial charge is 0.0614 e. The van der Waals surface area contributed by atoms with Crippen molar-refractivity contribution in [3.05, 3.63) is 63.6 Å². The maximum atomic E-state index is 8.82. The molecule has 130 valence electrons. The lowest BCUT2D eigenvalue weighted by atomic mass is 10.1. The molecule has 0 atom stereocenters. The van der Waals surface area contributed by atoms with Crippen molar-refractivity contribution in [3.63, 3.8) is 0 Å². The first-order chi connectivity index (χ1) is 11.7. The van der Waals surface area contributed by atoms with E-state index in [-0.39, 0.29) is 6.61 Å². The van der Waals surface area contributed by atoms with Crippen LogP contribution in [0.1, 0.15) is 45.1 Å². The Morgan fingerprint density at radius 2 is 2.04 bits per heavy atom. The van der Waals surface area contributed by atoms with Crippen LogP contribution in [0.5, 0.6) is 0 Å². The van der Waals surface area contributed by atoms with Crippen molar-refractivity contribution >= 4 is 5.69 Å². The molecule has 1 rings (SSSR count). The number of allylic oxidation sites excluding steroid dienone is 3. The van der Waals surface area contributed by atoms with Crippen molar-refractivity contribution in [3.8, 4) is 0 Å². The van der Waals surface area contributed by atoms with Gasteiger partial charge in [0.25, 0.3) is 0 Å². The predicted octanol–water partition coefficient (Wildman–Crippen LogP) is 5.35. The molecular formula is C19H28N4O. The summed E-state index contributed by atoms with van der Waals surface area (Å²) in [5, 5.41) is 15.8. The van der Waals surface area contributed by atoms with E-state index >= 15 is 0 Å². The summed E-state index contributed by atoms with van der Waals surface area (Å²) >= 11 is 0. The summed E-state index contributed by atoms with van der Waals surface area (Å²) in [6.07, 6.45) is 8.35. The highest BCUT2D eigenvalue weighted by atomic mass is 16.2. The first kappa shape index (κ1) is 19.8. The van der Waals surface area contributed by atoms with Crippen LogP contribution in [0.15, 0.2) is 52.7 Å². The van der Waals surface area contributed by atoms with Gasteiger partial charge in [0.1, 0.15) is 0 Å². The summed E-state index contributed by atoms with van der Waals surface area (Å²) in [5.41, 5.74) is 13.1. The van der Waals surface area contributed by atoms with Crippen molar-refractivity contribution in [2.75, 3.05) is 18.5 Å². The first-order valence-electron chi connectivity index (χ1n) is 8.41. The van der Waals surface area contributed by atoms with Crippen LogP contribution in [0.3, 0.4) is 0 Å². The zero-order chi connectivity index (χ0) is 17.6. The molecule has 0 aromatic heterocycles. The molecule has 1 aromatic rings. The van der Waals surface area contributed by atoms with Gasteiger partial charge in [-0.1, -0.05) is 40.5 Å². The van der Waals surface area contributed by atoms with E-state index in [1.165, 1.54) is 11.1 Å². The summed E-state index contributed by atoms with van der Waals surface area (Å²) in [5.74, 6) is 0. The van der Waals surface area contributed by atoms with Crippen LogP contribution in [-0.2, 0) is 6.54 Å². The van der Waals surface area contributed by atoms with Crippen LogP contribution in [0, 0.1) is 0 Å². The maximum absolute atomic E-state index is 8.82. The van der Waals surface area contributed by atoms with E-state index in [2.05, 4.69) is 35.3 Å². The van der Waals surface area contributed by atoms with E-state index in [1.807, 2.05) is 30.3 Å². The van der Waals surface area contributed by atoms with Crippen molar-refractivity contribution in [2.45, 2.75) is 46.1 Å². The number of aliphatic hydroxyl groups excluding tert-OH is 1. The number of rotatable bonds is 11. The average Bonchev–Trinajstić information content (AvgIpc) is 2.57. The molecule has 0 aliphatic heterocycles. The Bertz CT molecular complexity index is 601. The fourth-order valence-electron chi connectivity index (χ4n) is 2.40. The van der Waals surface area contributed by atoms with Crippen LogP contribution in [0.2, 0.25) is 0 Å². The van der Waals surface area contributed by atoms with Gasteiger partial charge in [-0.15, -0.1) is 0 Å². The molecule has 0 saturated heterocycles. The standard InChI is InChI=1S/C19H28N4O/c1-16(6-3-7-17(2)11-13-24)8-5-12-21-19-10-4-9-18(14-19)15-22-23-20/h4,6,9-11,14,21,24H,3,5,7-8,12-13,15H2,1-2H3/b16-6+,17-11+. The van der Waals surface area contributed by atoms with Crippen LogP contribution in [0.4, 0.5) is 5.69 Å². The van der Waals surface area contributed by atoms with Gasteiger partial charge in [-0.05, 0) is 62.8 Å². The molecule has 0 unspecified atom stereocenters. The molecule has 0 fully saturated rings. The first-order valence-corrected chi connectivity index (χ1v) is 8.41. The molecule has 0 radical (unpaired) electrons. The lowest BCUT2D eigenvalue weighted by molar-refractivity contribution is 0.341. The topological polar surface area (TPSA) is 81.0 Å². The van der Waals surface area contributed by atoms with E-state index in [1.54, 1.807) is 0 Å². The van der Waals surface area contributed by atoms with E-state index in [4.69, 9.17) is 10.6 Å². The minimum Gasteiger partial charge on any atom is -0.392 e. The molecule has 24 heavy (non-hydrogen) atoms. The van der Waals surface area contributed by atoms with Gasteiger partial charge in [0.05, 0.1) is 13.2 Å². The largest absolute Gasteiger partial charge is 0.392 e. The van der Waals surface area contributed by atoms with Gasteiger partial charge in [0, 0.05) is 17.1 Å². The highest BCUT2D eigenvalue weighted by Gasteiger charge is 1.96. The summed E-state index contributed by atoms with van der Waals surface area (Å²) in [7, 11) is 0. The summed E-state index contributed by atoms with van der Waals surface area (Å²) < 4.78 is 0. The fourth-order valence-corrected chi connectivity index (χ4v) is 2.40. The Balaban J connectivity index is 2.27. The van der Waals surface area contributed by atoms with Crippen LogP contribution < -0.4 is 5.32 Å². The Morgan fingerprint density at radius 1 is 1.25 bits per heavy atom. The monoisotopic (exact) mass is 328 g/mol. The van der Waals surface area contributed by atoms with Gasteiger partial charge in [-0.2, -0.15) is 0 Å². The highest BCUT2D eigenvalue weighted by Crippen LogP contribution is 2.13. The second-order valence-electron chi connectivity index (χ2n) is 5.94. The SMILES string of the molecule is C/C(=C\CO)CC/C=C(\C)CCCNc1cccc(CN=[N+]=[N-])c1. The Morgan fingerprint density at radius 3 is 2.79 bits per heavy atom. The molecular weight excluding hydrogens is 300 g/mol. The number of aliphatic hydroxyl groups is 1. The van der Waals surface area contributed by atoms with Gasteiger partial charge < -0.3 is 10.4 Å². The van der Waals surface area contributed by atoms with Gasteiger partial charge >= 0.3 is 0 Å². The van der Waals surface area contributed by atoms with Gasteiger partial charge in [0.15, 0.2) is 0 Å². The third-order valence-corrected chi connectivity index (χ3v) is 3.79. The summed E-state index contributed by atoms with van der Waals surface area (Å²) in [6, 6.07) is 7.98. The van der Waals surface area contributed by atoms with E-state index < -0.39 is 0 Å². The van der Waals surface area contributed by atoms with E-state index in [9.17, 15) is 0 Å². The normalized spacial score (nSPS) is 12.0. The van der Waals surface area contributed by atoms with Gasteiger partial charge in [-0.25, -0.2) is 0 Å². The predicted molar refractivity (Wildman–Crippen MR) is 101 cm³/mol. The molecule has 0 saturated carbocycles. The fraction of sp³-hybridized carbons (Fsp3) is 0.474. The number of anilines is 1. The Hall–Kier alpha value is -2.23. The van der Waals surface area contributed by atoms with Crippen molar-refractivity contribution < 1.29 is 5.11 Å². The van der Waals surface area contributed by atoms with Gasteiger partial charge in [0.2, 0.25) is 0 Å². The van der Waals surface area contributed by atoms with Crippen molar-refractivity contribution in [2.24, 2.45) is 5.11 Å².